The van der Waals surface area contributed by atoms with E-state index in [0.717, 1.165) is 4.90 Å². The van der Waals surface area contributed by atoms with E-state index >= 15 is 0 Å². The van der Waals surface area contributed by atoms with Crippen LogP contribution in [0.2, 0.25) is 0 Å². The van der Waals surface area contributed by atoms with Crippen molar-refractivity contribution in [3.63, 3.8) is 0 Å². The van der Waals surface area contributed by atoms with Crippen molar-refractivity contribution in [1.29, 1.82) is 10.5 Å². The van der Waals surface area contributed by atoms with Gasteiger partial charge in [-0.2, -0.15) is 10.5 Å². The third-order valence-corrected chi connectivity index (χ3v) is 1.98. The second-order valence-corrected chi connectivity index (χ2v) is 3.17. The first kappa shape index (κ1) is 12.5. The zero-order valence-corrected chi connectivity index (χ0v) is 9.17. The summed E-state index contributed by atoms with van der Waals surface area (Å²) in [6.07, 6.45) is 0. The number of hydrogen-bond acceptors (Lipinski definition) is 4. The van der Waals surface area contributed by atoms with Crippen LogP contribution in [0.15, 0.2) is 30.3 Å². The molecule has 0 atom stereocenters. The Bertz CT molecular complexity index is 429. The first-order valence-corrected chi connectivity index (χ1v) is 4.97. The average Bonchev–Trinajstić information content (AvgIpc) is 2.37. The van der Waals surface area contributed by atoms with Crippen LogP contribution < -0.4 is 4.74 Å². The largest absolute Gasteiger partial charge is 0.484 e. The molecule has 0 spiro atoms. The molecule has 0 unspecified atom stereocenters. The zero-order valence-electron chi connectivity index (χ0n) is 9.17. The number of amides is 1. The number of ether oxygens (including phenoxy) is 1. The minimum absolute atomic E-state index is 0.107. The molecule has 0 bridgehead atoms. The van der Waals surface area contributed by atoms with E-state index in [1.807, 2.05) is 18.2 Å². The number of benzene rings is 1. The first-order chi connectivity index (χ1) is 8.27. The Kier molecular flexibility index (Phi) is 5.06. The topological polar surface area (TPSA) is 77.1 Å². The molecular formula is C12H11N3O2. The second kappa shape index (κ2) is 6.86. The highest BCUT2D eigenvalue weighted by Crippen LogP contribution is 2.08. The fraction of sp³-hybridized carbons (Fsp3) is 0.250. The molecule has 0 N–H and O–H groups in total. The number of hydrogen-bond donors (Lipinski definition) is 0. The molecule has 5 nitrogen and oxygen atoms in total. The molecule has 1 aromatic rings. The molecule has 0 aliphatic rings. The normalized spacial score (nSPS) is 8.82. The molecule has 17 heavy (non-hydrogen) atoms. The summed E-state index contributed by atoms with van der Waals surface area (Å²) in [6, 6.07) is 12.5. The van der Waals surface area contributed by atoms with Gasteiger partial charge in [0.25, 0.3) is 5.91 Å². The number of carbonyl (C=O) groups is 1. The van der Waals surface area contributed by atoms with E-state index in [9.17, 15) is 4.79 Å². The summed E-state index contributed by atoms with van der Waals surface area (Å²) < 4.78 is 5.23. The van der Waals surface area contributed by atoms with Crippen molar-refractivity contribution in [2.75, 3.05) is 19.7 Å². The summed E-state index contributed by atoms with van der Waals surface area (Å²) in [6.45, 7) is -0.386. The summed E-state index contributed by atoms with van der Waals surface area (Å²) in [5.41, 5.74) is 0. The van der Waals surface area contributed by atoms with Gasteiger partial charge in [0, 0.05) is 0 Å². The molecule has 0 fully saturated rings. The maximum atomic E-state index is 11.6. The molecule has 0 saturated carbocycles. The third-order valence-electron chi connectivity index (χ3n) is 1.98. The van der Waals surface area contributed by atoms with Crippen LogP contribution in [-0.4, -0.2) is 30.5 Å². The number of nitrogens with zero attached hydrogens (tertiary/aromatic N) is 3. The second-order valence-electron chi connectivity index (χ2n) is 3.17. The summed E-state index contributed by atoms with van der Waals surface area (Å²) in [5, 5.41) is 17.0. The minimum Gasteiger partial charge on any atom is -0.484 e. The fourth-order valence-electron chi connectivity index (χ4n) is 1.16. The van der Waals surface area contributed by atoms with Crippen LogP contribution in [-0.2, 0) is 4.79 Å². The van der Waals surface area contributed by atoms with Gasteiger partial charge in [-0.15, -0.1) is 0 Å². The Morgan fingerprint density at radius 2 is 1.76 bits per heavy atom. The van der Waals surface area contributed by atoms with Gasteiger partial charge in [0.2, 0.25) is 0 Å². The van der Waals surface area contributed by atoms with Gasteiger partial charge in [0.05, 0.1) is 12.1 Å². The lowest BCUT2D eigenvalue weighted by Crippen LogP contribution is -2.35. The summed E-state index contributed by atoms with van der Waals surface area (Å²) in [7, 11) is 0. The standard InChI is InChI=1S/C12H11N3O2/c13-6-8-15(9-7-14)12(16)10-17-11-4-2-1-3-5-11/h1-5H,8-10H2. The van der Waals surface area contributed by atoms with E-state index in [-0.39, 0.29) is 25.6 Å². The van der Waals surface area contributed by atoms with Gasteiger partial charge in [-0.25, -0.2) is 0 Å². The number of para-hydroxylation sites is 1. The van der Waals surface area contributed by atoms with Gasteiger partial charge < -0.3 is 9.64 Å². The van der Waals surface area contributed by atoms with Gasteiger partial charge in [-0.05, 0) is 12.1 Å². The Morgan fingerprint density at radius 3 is 2.29 bits per heavy atom. The third kappa shape index (κ3) is 4.23. The zero-order chi connectivity index (χ0) is 12.5. The molecule has 5 heteroatoms. The Morgan fingerprint density at radius 1 is 1.18 bits per heavy atom. The average molecular weight is 229 g/mol. The van der Waals surface area contributed by atoms with Crippen molar-refractivity contribution in [1.82, 2.24) is 4.90 Å². The quantitative estimate of drug-likeness (QED) is 0.704. The highest BCUT2D eigenvalue weighted by molar-refractivity contribution is 5.78. The molecule has 0 aromatic heterocycles. The molecule has 0 saturated heterocycles. The van der Waals surface area contributed by atoms with Gasteiger partial charge >= 0.3 is 0 Å². The molecule has 0 heterocycles. The summed E-state index contributed by atoms with van der Waals surface area (Å²) in [4.78, 5) is 12.7. The first-order valence-electron chi connectivity index (χ1n) is 4.97. The van der Waals surface area contributed by atoms with Crippen molar-refractivity contribution >= 4 is 5.91 Å². The Labute approximate surface area is 99.4 Å². The van der Waals surface area contributed by atoms with E-state index in [0.29, 0.717) is 5.75 Å². The van der Waals surface area contributed by atoms with Crippen LogP contribution in [0.25, 0.3) is 0 Å². The van der Waals surface area contributed by atoms with Crippen LogP contribution in [0, 0.1) is 22.7 Å². The predicted molar refractivity (Wildman–Crippen MR) is 59.7 cm³/mol. The lowest BCUT2D eigenvalue weighted by molar-refractivity contribution is -0.132. The van der Waals surface area contributed by atoms with Crippen LogP contribution in [0.1, 0.15) is 0 Å². The van der Waals surface area contributed by atoms with Gasteiger partial charge in [-0.3, -0.25) is 4.79 Å². The highest BCUT2D eigenvalue weighted by Gasteiger charge is 2.13. The minimum atomic E-state index is -0.378. The molecule has 0 aliphatic heterocycles. The van der Waals surface area contributed by atoms with E-state index in [2.05, 4.69) is 0 Å². The van der Waals surface area contributed by atoms with Gasteiger partial charge in [0.15, 0.2) is 6.61 Å². The highest BCUT2D eigenvalue weighted by atomic mass is 16.5. The molecule has 1 aromatic carbocycles. The van der Waals surface area contributed by atoms with Crippen molar-refractivity contribution < 1.29 is 9.53 Å². The summed E-state index contributed by atoms with van der Waals surface area (Å²) in [5.74, 6) is 0.201. The Hall–Kier alpha value is -2.53. The molecule has 1 amide bonds. The number of nitriles is 2. The molecule has 0 aliphatic carbocycles. The smallest absolute Gasteiger partial charge is 0.262 e. The lowest BCUT2D eigenvalue weighted by atomic mass is 10.3. The van der Waals surface area contributed by atoms with Crippen LogP contribution in [0.5, 0.6) is 5.75 Å². The van der Waals surface area contributed by atoms with Gasteiger partial charge in [0.1, 0.15) is 18.8 Å². The molecule has 0 radical (unpaired) electrons. The molecule has 1 rings (SSSR count). The molecular weight excluding hydrogens is 218 g/mol. The lowest BCUT2D eigenvalue weighted by Gasteiger charge is -2.15. The van der Waals surface area contributed by atoms with Gasteiger partial charge in [-0.1, -0.05) is 18.2 Å². The Balaban J connectivity index is 2.48. The number of carbonyl (C=O) groups excluding carboxylic acids is 1. The van der Waals surface area contributed by atoms with Crippen LogP contribution in [0.4, 0.5) is 0 Å². The number of rotatable bonds is 5. The van der Waals surface area contributed by atoms with E-state index in [1.54, 1.807) is 24.3 Å². The van der Waals surface area contributed by atoms with E-state index in [1.165, 1.54) is 0 Å². The van der Waals surface area contributed by atoms with Crippen LogP contribution in [0.3, 0.4) is 0 Å². The van der Waals surface area contributed by atoms with E-state index < -0.39 is 0 Å². The van der Waals surface area contributed by atoms with Crippen molar-refractivity contribution in [3.05, 3.63) is 30.3 Å². The maximum absolute atomic E-state index is 11.6. The molecule has 86 valence electrons. The predicted octanol–water partition coefficient (Wildman–Crippen LogP) is 0.941. The maximum Gasteiger partial charge on any atom is 0.262 e. The van der Waals surface area contributed by atoms with Crippen molar-refractivity contribution in [2.45, 2.75) is 0 Å². The summed E-state index contributed by atoms with van der Waals surface area (Å²) >= 11 is 0. The van der Waals surface area contributed by atoms with Crippen molar-refractivity contribution in [2.24, 2.45) is 0 Å². The van der Waals surface area contributed by atoms with E-state index in [4.69, 9.17) is 15.3 Å². The van der Waals surface area contributed by atoms with Crippen LogP contribution >= 0.6 is 0 Å². The monoisotopic (exact) mass is 229 g/mol. The SMILES string of the molecule is N#CCN(CC#N)C(=O)COc1ccccc1. The fourth-order valence-corrected chi connectivity index (χ4v) is 1.16. The van der Waals surface area contributed by atoms with Crippen molar-refractivity contribution in [3.8, 4) is 17.9 Å².